The third kappa shape index (κ3) is 4.50. The zero-order chi connectivity index (χ0) is 17.2. The first-order valence-electron chi connectivity index (χ1n) is 7.67. The number of primary sulfonamides is 1. The van der Waals surface area contributed by atoms with E-state index in [1.54, 1.807) is 19.2 Å². The number of hydrogen-bond donors (Lipinski definition) is 2. The summed E-state index contributed by atoms with van der Waals surface area (Å²) in [6.45, 7) is 1.44. The van der Waals surface area contributed by atoms with Crippen LogP contribution in [0, 0.1) is 0 Å². The number of guanidine groups is 1. The summed E-state index contributed by atoms with van der Waals surface area (Å²) in [4.78, 5) is 6.63. The molecule has 6 nitrogen and oxygen atoms in total. The van der Waals surface area contributed by atoms with E-state index in [2.05, 4.69) is 27.3 Å². The van der Waals surface area contributed by atoms with Crippen molar-refractivity contribution >= 4 is 45.6 Å². The summed E-state index contributed by atoms with van der Waals surface area (Å²) in [5.41, 5.74) is 3.45. The molecule has 0 aromatic heterocycles. The molecule has 0 radical (unpaired) electrons. The molecule has 1 heterocycles. The highest BCUT2D eigenvalue weighted by Gasteiger charge is 2.22. The van der Waals surface area contributed by atoms with Gasteiger partial charge in [-0.05, 0) is 35.7 Å². The first kappa shape index (κ1) is 19.7. The van der Waals surface area contributed by atoms with Crippen molar-refractivity contribution in [2.45, 2.75) is 17.9 Å². The lowest BCUT2D eigenvalue weighted by Crippen LogP contribution is -2.40. The number of para-hydroxylation sites is 1. The summed E-state index contributed by atoms with van der Waals surface area (Å²) in [6.07, 6.45) is 1.000. The van der Waals surface area contributed by atoms with Crippen molar-refractivity contribution in [1.29, 1.82) is 0 Å². The number of nitrogens with one attached hydrogen (secondary N) is 1. The van der Waals surface area contributed by atoms with Crippen molar-refractivity contribution in [1.82, 2.24) is 5.32 Å². The molecule has 25 heavy (non-hydrogen) atoms. The maximum absolute atomic E-state index is 11.3. The van der Waals surface area contributed by atoms with E-state index < -0.39 is 10.0 Å². The Morgan fingerprint density at radius 3 is 2.52 bits per heavy atom. The van der Waals surface area contributed by atoms with Crippen molar-refractivity contribution in [3.8, 4) is 0 Å². The summed E-state index contributed by atoms with van der Waals surface area (Å²) in [5.74, 6) is 0.801. The van der Waals surface area contributed by atoms with E-state index in [9.17, 15) is 8.42 Å². The molecule has 2 aromatic carbocycles. The Balaban J connectivity index is 0.00000225. The molecule has 3 N–H and O–H groups in total. The second-order valence-electron chi connectivity index (χ2n) is 5.62. The summed E-state index contributed by atoms with van der Waals surface area (Å²) in [5, 5.41) is 8.43. The molecule has 2 aromatic rings. The molecule has 0 fully saturated rings. The van der Waals surface area contributed by atoms with Crippen LogP contribution in [0.15, 0.2) is 58.4 Å². The molecule has 0 atom stereocenters. The van der Waals surface area contributed by atoms with E-state index in [4.69, 9.17) is 5.14 Å². The van der Waals surface area contributed by atoms with Gasteiger partial charge in [0, 0.05) is 25.8 Å². The number of aliphatic imine (C=N–C) groups is 1. The fraction of sp³-hybridized carbons (Fsp3) is 0.235. The lowest BCUT2D eigenvalue weighted by Gasteiger charge is -2.22. The normalized spacial score (nSPS) is 14.0. The molecule has 0 spiro atoms. The van der Waals surface area contributed by atoms with Gasteiger partial charge in [0.2, 0.25) is 10.0 Å². The zero-order valence-electron chi connectivity index (χ0n) is 13.8. The average Bonchev–Trinajstić information content (AvgIpc) is 2.99. The van der Waals surface area contributed by atoms with Gasteiger partial charge in [0.05, 0.1) is 4.90 Å². The molecule has 1 aliphatic rings. The molecule has 0 unspecified atom stereocenters. The van der Waals surface area contributed by atoms with E-state index in [0.29, 0.717) is 6.54 Å². The van der Waals surface area contributed by atoms with E-state index in [-0.39, 0.29) is 28.9 Å². The molecule has 134 valence electrons. The SMILES string of the molecule is CN=C(NCc1ccc(S(N)(=O)=O)cc1)N1CCc2ccccc21.I. The number of rotatable bonds is 3. The second-order valence-corrected chi connectivity index (χ2v) is 7.18. The number of fused-ring (bicyclic) bond motifs is 1. The molecule has 0 amide bonds. The minimum Gasteiger partial charge on any atom is -0.352 e. The zero-order valence-corrected chi connectivity index (χ0v) is 17.0. The predicted molar refractivity (Wildman–Crippen MR) is 111 cm³/mol. The van der Waals surface area contributed by atoms with Crippen molar-refractivity contribution in [2.24, 2.45) is 10.1 Å². The van der Waals surface area contributed by atoms with Crippen molar-refractivity contribution in [3.63, 3.8) is 0 Å². The van der Waals surface area contributed by atoms with Crippen molar-refractivity contribution in [3.05, 3.63) is 59.7 Å². The van der Waals surface area contributed by atoms with Gasteiger partial charge in [0.1, 0.15) is 0 Å². The maximum atomic E-state index is 11.3. The molecule has 0 aliphatic carbocycles. The van der Waals surface area contributed by atoms with E-state index in [1.165, 1.54) is 23.4 Å². The maximum Gasteiger partial charge on any atom is 0.238 e. The van der Waals surface area contributed by atoms with E-state index in [0.717, 1.165) is 24.5 Å². The van der Waals surface area contributed by atoms with Crippen LogP contribution in [0.2, 0.25) is 0 Å². The van der Waals surface area contributed by atoms with Gasteiger partial charge in [-0.15, -0.1) is 24.0 Å². The Hall–Kier alpha value is -1.65. The molecular formula is C17H21IN4O2S. The fourth-order valence-electron chi connectivity index (χ4n) is 2.83. The first-order chi connectivity index (χ1) is 11.5. The van der Waals surface area contributed by atoms with Gasteiger partial charge in [0.15, 0.2) is 5.96 Å². The highest BCUT2D eigenvalue weighted by atomic mass is 127. The molecule has 0 saturated carbocycles. The Bertz CT molecular complexity index is 866. The minimum atomic E-state index is -3.65. The van der Waals surface area contributed by atoms with Crippen LogP contribution in [-0.2, 0) is 23.0 Å². The monoisotopic (exact) mass is 472 g/mol. The van der Waals surface area contributed by atoms with Crippen LogP contribution >= 0.6 is 24.0 Å². The number of benzene rings is 2. The van der Waals surface area contributed by atoms with Gasteiger partial charge in [0.25, 0.3) is 0 Å². The number of nitrogens with zero attached hydrogens (tertiary/aromatic N) is 2. The Kier molecular flexibility index (Phi) is 6.42. The largest absolute Gasteiger partial charge is 0.352 e. The standard InChI is InChI=1S/C17H20N4O2S.HI/c1-19-17(21-11-10-14-4-2-3-5-16(14)21)20-12-13-6-8-15(9-7-13)24(18,22)23;/h2-9H,10-12H2,1H3,(H,19,20)(H2,18,22,23);1H. The van der Waals surface area contributed by atoms with E-state index >= 15 is 0 Å². The van der Waals surface area contributed by atoms with Crippen LogP contribution in [0.4, 0.5) is 5.69 Å². The van der Waals surface area contributed by atoms with Crippen molar-refractivity contribution in [2.75, 3.05) is 18.5 Å². The van der Waals surface area contributed by atoms with Crippen LogP contribution < -0.4 is 15.4 Å². The van der Waals surface area contributed by atoms with E-state index in [1.807, 2.05) is 12.1 Å². The Morgan fingerprint density at radius 1 is 1.20 bits per heavy atom. The smallest absolute Gasteiger partial charge is 0.238 e. The number of halogens is 1. The Labute approximate surface area is 165 Å². The van der Waals surface area contributed by atoms with Gasteiger partial charge >= 0.3 is 0 Å². The summed E-state index contributed by atoms with van der Waals surface area (Å²) in [7, 11) is -1.90. The van der Waals surface area contributed by atoms with Crippen LogP contribution in [-0.4, -0.2) is 28.0 Å². The molecule has 0 saturated heterocycles. The first-order valence-corrected chi connectivity index (χ1v) is 9.21. The van der Waals surface area contributed by atoms with Crippen LogP contribution in [0.5, 0.6) is 0 Å². The highest BCUT2D eigenvalue weighted by Crippen LogP contribution is 2.27. The van der Waals surface area contributed by atoms with Gasteiger partial charge < -0.3 is 10.2 Å². The van der Waals surface area contributed by atoms with Crippen LogP contribution in [0.25, 0.3) is 0 Å². The summed E-state index contributed by atoms with van der Waals surface area (Å²) < 4.78 is 22.6. The topological polar surface area (TPSA) is 87.8 Å². The Morgan fingerprint density at radius 2 is 1.88 bits per heavy atom. The highest BCUT2D eigenvalue weighted by molar-refractivity contribution is 14.0. The molecule has 3 rings (SSSR count). The third-order valence-corrected chi connectivity index (χ3v) is 4.99. The molecule has 1 aliphatic heterocycles. The van der Waals surface area contributed by atoms with Gasteiger partial charge in [-0.2, -0.15) is 0 Å². The van der Waals surface area contributed by atoms with Crippen LogP contribution in [0.1, 0.15) is 11.1 Å². The van der Waals surface area contributed by atoms with Gasteiger partial charge in [-0.1, -0.05) is 30.3 Å². The number of hydrogen-bond acceptors (Lipinski definition) is 3. The fourth-order valence-corrected chi connectivity index (χ4v) is 3.35. The number of nitrogens with two attached hydrogens (primary N) is 1. The second kappa shape index (κ2) is 8.15. The third-order valence-electron chi connectivity index (χ3n) is 4.06. The summed E-state index contributed by atoms with van der Waals surface area (Å²) >= 11 is 0. The molecule has 0 bridgehead atoms. The summed E-state index contributed by atoms with van der Waals surface area (Å²) in [6, 6.07) is 14.8. The minimum absolute atomic E-state index is 0. The predicted octanol–water partition coefficient (Wildman–Crippen LogP) is 2.09. The molecule has 8 heteroatoms. The van der Waals surface area contributed by atoms with Gasteiger partial charge in [-0.3, -0.25) is 4.99 Å². The average molecular weight is 472 g/mol. The number of anilines is 1. The number of sulfonamides is 1. The quantitative estimate of drug-likeness (QED) is 0.407. The lowest BCUT2D eigenvalue weighted by molar-refractivity contribution is 0.597. The lowest BCUT2D eigenvalue weighted by atomic mass is 10.2. The van der Waals surface area contributed by atoms with Crippen molar-refractivity contribution < 1.29 is 8.42 Å². The van der Waals surface area contributed by atoms with Crippen LogP contribution in [0.3, 0.4) is 0 Å². The molecular weight excluding hydrogens is 451 g/mol. The van der Waals surface area contributed by atoms with Gasteiger partial charge in [-0.25, -0.2) is 13.6 Å².